The Morgan fingerprint density at radius 2 is 2.09 bits per heavy atom. The molecule has 0 aliphatic carbocycles. The van der Waals surface area contributed by atoms with Crippen molar-refractivity contribution < 1.29 is 9.13 Å². The molecule has 0 aromatic heterocycles. The van der Waals surface area contributed by atoms with Crippen LogP contribution >= 0.6 is 23.8 Å². The first-order chi connectivity index (χ1) is 10.6. The van der Waals surface area contributed by atoms with Gasteiger partial charge in [-0.2, -0.15) is 0 Å². The molecule has 7 heteroatoms. The Kier molecular flexibility index (Phi) is 6.82. The van der Waals surface area contributed by atoms with Crippen LogP contribution in [-0.2, 0) is 11.3 Å². The Labute approximate surface area is 141 Å². The quantitative estimate of drug-likeness (QED) is 0.652. The van der Waals surface area contributed by atoms with Gasteiger partial charge in [0.2, 0.25) is 0 Å². The molecule has 1 fully saturated rings. The van der Waals surface area contributed by atoms with Gasteiger partial charge < -0.3 is 15.0 Å². The number of hydrogen-bond donors (Lipinski definition) is 1. The third-order valence-corrected chi connectivity index (χ3v) is 4.41. The topological polar surface area (TPSA) is 27.7 Å². The van der Waals surface area contributed by atoms with Crippen molar-refractivity contribution in [3.8, 4) is 0 Å². The van der Waals surface area contributed by atoms with E-state index in [1.165, 1.54) is 12.1 Å². The summed E-state index contributed by atoms with van der Waals surface area (Å²) in [4.78, 5) is 4.46. The molecule has 0 saturated carbocycles. The molecule has 0 spiro atoms. The molecular formula is C15H21ClFN3OS. The monoisotopic (exact) mass is 345 g/mol. The molecule has 1 aromatic rings. The van der Waals surface area contributed by atoms with Gasteiger partial charge in [-0.15, -0.1) is 0 Å². The van der Waals surface area contributed by atoms with Crippen LogP contribution in [0.25, 0.3) is 0 Å². The Morgan fingerprint density at radius 1 is 1.36 bits per heavy atom. The number of methoxy groups -OCH3 is 1. The molecule has 122 valence electrons. The summed E-state index contributed by atoms with van der Waals surface area (Å²) >= 11 is 11.4. The minimum absolute atomic E-state index is 0.300. The van der Waals surface area contributed by atoms with Crippen LogP contribution in [0.5, 0.6) is 0 Å². The minimum atomic E-state index is -0.300. The van der Waals surface area contributed by atoms with Gasteiger partial charge in [-0.3, -0.25) is 4.90 Å². The zero-order valence-electron chi connectivity index (χ0n) is 12.6. The van der Waals surface area contributed by atoms with Gasteiger partial charge in [-0.25, -0.2) is 4.39 Å². The van der Waals surface area contributed by atoms with E-state index in [4.69, 9.17) is 28.6 Å². The Bertz CT molecular complexity index is 510. The number of thiocarbonyl (C=S) groups is 1. The van der Waals surface area contributed by atoms with E-state index < -0.39 is 0 Å². The van der Waals surface area contributed by atoms with E-state index in [1.54, 1.807) is 13.2 Å². The lowest BCUT2D eigenvalue weighted by atomic mass is 10.2. The molecule has 1 aliphatic rings. The molecule has 1 aromatic carbocycles. The summed E-state index contributed by atoms with van der Waals surface area (Å²) in [6.07, 6.45) is 0. The maximum Gasteiger partial charge on any atom is 0.169 e. The van der Waals surface area contributed by atoms with E-state index in [0.29, 0.717) is 11.6 Å². The Hall–Kier alpha value is -0.950. The van der Waals surface area contributed by atoms with E-state index in [1.807, 2.05) is 0 Å². The highest BCUT2D eigenvalue weighted by molar-refractivity contribution is 7.80. The fourth-order valence-electron chi connectivity index (χ4n) is 2.37. The largest absolute Gasteiger partial charge is 0.383 e. The van der Waals surface area contributed by atoms with Crippen molar-refractivity contribution in [2.75, 3.05) is 46.4 Å². The molecular weight excluding hydrogens is 325 g/mol. The lowest BCUT2D eigenvalue weighted by molar-refractivity contribution is 0.172. The average molecular weight is 346 g/mol. The van der Waals surface area contributed by atoms with Gasteiger partial charge in [0.1, 0.15) is 5.82 Å². The average Bonchev–Trinajstić information content (AvgIpc) is 2.51. The SMILES string of the molecule is COCCNC(=S)N1CCN(Cc2ccc(F)cc2Cl)CC1. The first-order valence-corrected chi connectivity index (χ1v) is 8.07. The number of ether oxygens (including phenoxy) is 1. The minimum Gasteiger partial charge on any atom is -0.383 e. The highest BCUT2D eigenvalue weighted by Gasteiger charge is 2.19. The third-order valence-electron chi connectivity index (χ3n) is 3.65. The number of halogens is 2. The molecule has 0 bridgehead atoms. The van der Waals surface area contributed by atoms with E-state index >= 15 is 0 Å². The molecule has 0 unspecified atom stereocenters. The predicted molar refractivity (Wildman–Crippen MR) is 90.7 cm³/mol. The van der Waals surface area contributed by atoms with E-state index in [9.17, 15) is 4.39 Å². The maximum atomic E-state index is 13.1. The number of nitrogens with one attached hydrogen (secondary N) is 1. The standard InChI is InChI=1S/C15H21ClFN3OS/c1-21-9-4-18-15(22)20-7-5-19(6-8-20)11-12-2-3-13(17)10-14(12)16/h2-3,10H,4-9,11H2,1H3,(H,18,22). The highest BCUT2D eigenvalue weighted by Crippen LogP contribution is 2.19. The van der Waals surface area contributed by atoms with Crippen LogP contribution in [0.2, 0.25) is 5.02 Å². The van der Waals surface area contributed by atoms with Crippen molar-refractivity contribution in [3.05, 3.63) is 34.6 Å². The van der Waals surface area contributed by atoms with Crippen LogP contribution in [0, 0.1) is 5.82 Å². The molecule has 1 N–H and O–H groups in total. The van der Waals surface area contributed by atoms with Crippen LogP contribution in [0.3, 0.4) is 0 Å². The number of rotatable bonds is 5. The molecule has 0 radical (unpaired) electrons. The number of piperazine rings is 1. The molecule has 1 heterocycles. The molecule has 2 rings (SSSR count). The van der Waals surface area contributed by atoms with Crippen LogP contribution in [0.15, 0.2) is 18.2 Å². The van der Waals surface area contributed by atoms with Crippen molar-refractivity contribution >= 4 is 28.9 Å². The number of benzene rings is 1. The first kappa shape index (κ1) is 17.4. The molecule has 4 nitrogen and oxygen atoms in total. The van der Waals surface area contributed by atoms with Gasteiger partial charge in [-0.05, 0) is 29.9 Å². The van der Waals surface area contributed by atoms with Gasteiger partial charge in [0.05, 0.1) is 6.61 Å². The van der Waals surface area contributed by atoms with Gasteiger partial charge in [0.25, 0.3) is 0 Å². The zero-order chi connectivity index (χ0) is 15.9. The Morgan fingerprint density at radius 3 is 2.73 bits per heavy atom. The van der Waals surface area contributed by atoms with Gasteiger partial charge >= 0.3 is 0 Å². The maximum absolute atomic E-state index is 13.1. The van der Waals surface area contributed by atoms with Gasteiger partial charge in [0.15, 0.2) is 5.11 Å². The molecule has 0 amide bonds. The van der Waals surface area contributed by atoms with Crippen molar-refractivity contribution in [1.82, 2.24) is 15.1 Å². The van der Waals surface area contributed by atoms with Crippen LogP contribution in [-0.4, -0.2) is 61.4 Å². The Balaban J connectivity index is 1.78. The summed E-state index contributed by atoms with van der Waals surface area (Å²) in [6, 6.07) is 4.56. The second-order valence-electron chi connectivity index (χ2n) is 5.22. The summed E-state index contributed by atoms with van der Waals surface area (Å²) in [7, 11) is 1.67. The first-order valence-electron chi connectivity index (χ1n) is 7.28. The highest BCUT2D eigenvalue weighted by atomic mass is 35.5. The van der Waals surface area contributed by atoms with Crippen molar-refractivity contribution in [2.24, 2.45) is 0 Å². The molecule has 22 heavy (non-hydrogen) atoms. The van der Waals surface area contributed by atoms with Crippen molar-refractivity contribution in [1.29, 1.82) is 0 Å². The second kappa shape index (κ2) is 8.62. The van der Waals surface area contributed by atoms with E-state index in [0.717, 1.165) is 49.9 Å². The summed E-state index contributed by atoms with van der Waals surface area (Å²) < 4.78 is 18.1. The molecule has 1 aliphatic heterocycles. The van der Waals surface area contributed by atoms with Crippen molar-refractivity contribution in [2.45, 2.75) is 6.54 Å². The van der Waals surface area contributed by atoms with Crippen molar-refractivity contribution in [3.63, 3.8) is 0 Å². The summed E-state index contributed by atoms with van der Waals surface area (Å²) in [5, 5.41) is 4.44. The van der Waals surface area contributed by atoms with Crippen LogP contribution in [0.1, 0.15) is 5.56 Å². The van der Waals surface area contributed by atoms with Gasteiger partial charge in [-0.1, -0.05) is 17.7 Å². The molecule has 0 atom stereocenters. The summed E-state index contributed by atoms with van der Waals surface area (Å²) in [5.41, 5.74) is 0.956. The summed E-state index contributed by atoms with van der Waals surface area (Å²) in [5.74, 6) is -0.300. The fraction of sp³-hybridized carbons (Fsp3) is 0.533. The number of nitrogens with zero attached hydrogens (tertiary/aromatic N) is 2. The van der Waals surface area contributed by atoms with E-state index in [2.05, 4.69) is 15.1 Å². The zero-order valence-corrected chi connectivity index (χ0v) is 14.2. The summed E-state index contributed by atoms with van der Waals surface area (Å²) in [6.45, 7) is 5.65. The second-order valence-corrected chi connectivity index (χ2v) is 6.02. The molecule has 1 saturated heterocycles. The lowest BCUT2D eigenvalue weighted by Gasteiger charge is -2.36. The third kappa shape index (κ3) is 5.05. The van der Waals surface area contributed by atoms with Crippen LogP contribution < -0.4 is 5.32 Å². The fourth-order valence-corrected chi connectivity index (χ4v) is 2.88. The van der Waals surface area contributed by atoms with E-state index in [-0.39, 0.29) is 5.82 Å². The smallest absolute Gasteiger partial charge is 0.169 e. The normalized spacial score (nSPS) is 15.9. The lowest BCUT2D eigenvalue weighted by Crippen LogP contribution is -2.51. The number of hydrogen-bond acceptors (Lipinski definition) is 3. The van der Waals surface area contributed by atoms with Crippen LogP contribution in [0.4, 0.5) is 4.39 Å². The van der Waals surface area contributed by atoms with Gasteiger partial charge in [0, 0.05) is 51.4 Å². The predicted octanol–water partition coefficient (Wildman–Crippen LogP) is 2.12.